The first-order valence-electron chi connectivity index (χ1n) is 9.86. The molecule has 1 heterocycles. The minimum atomic E-state index is -4.45. The molecule has 0 aromatic heterocycles. The molecule has 0 spiro atoms. The number of aryl methyl sites for hydroxylation is 1. The van der Waals surface area contributed by atoms with Crippen molar-refractivity contribution >= 4 is 29.0 Å². The summed E-state index contributed by atoms with van der Waals surface area (Å²) in [7, 11) is 0. The van der Waals surface area contributed by atoms with Gasteiger partial charge < -0.3 is 10.8 Å². The second-order valence-electron chi connectivity index (χ2n) is 8.57. The molecule has 0 saturated heterocycles. The summed E-state index contributed by atoms with van der Waals surface area (Å²) >= 11 is 6.35. The number of rotatable bonds is 4. The van der Waals surface area contributed by atoms with E-state index in [9.17, 15) is 18.3 Å². The SMILES string of the molecule is Cc1cc(C(F)(F)F)ccc1N1NC(c2cc(CN=C(N)C(C)(C)C)ccc2Cl)=NC1O. The third kappa shape index (κ3) is 5.16. The maximum atomic E-state index is 13.0. The topological polar surface area (TPSA) is 86.2 Å². The number of amidine groups is 2. The van der Waals surface area contributed by atoms with Crippen LogP contribution in [0.2, 0.25) is 5.02 Å². The predicted molar refractivity (Wildman–Crippen MR) is 121 cm³/mol. The Balaban J connectivity index is 1.84. The number of hydrogen-bond donors (Lipinski definition) is 3. The van der Waals surface area contributed by atoms with Crippen LogP contribution < -0.4 is 16.2 Å². The molecular weight excluding hydrogens is 443 g/mol. The Morgan fingerprint density at radius 3 is 2.50 bits per heavy atom. The molecule has 0 saturated carbocycles. The summed E-state index contributed by atoms with van der Waals surface area (Å²) in [5.74, 6) is 0.807. The van der Waals surface area contributed by atoms with E-state index in [4.69, 9.17) is 17.3 Å². The normalized spacial score (nSPS) is 17.4. The van der Waals surface area contributed by atoms with Crippen LogP contribution in [0.1, 0.15) is 43.0 Å². The van der Waals surface area contributed by atoms with Gasteiger partial charge in [-0.2, -0.15) is 13.2 Å². The lowest BCUT2D eigenvalue weighted by Gasteiger charge is -2.24. The molecule has 32 heavy (non-hydrogen) atoms. The lowest BCUT2D eigenvalue weighted by atomic mass is 9.95. The summed E-state index contributed by atoms with van der Waals surface area (Å²) in [4.78, 5) is 8.60. The highest BCUT2D eigenvalue weighted by atomic mass is 35.5. The van der Waals surface area contributed by atoms with Crippen molar-refractivity contribution in [3.8, 4) is 0 Å². The molecule has 1 atom stereocenters. The Morgan fingerprint density at radius 1 is 1.22 bits per heavy atom. The molecule has 6 nitrogen and oxygen atoms in total. The lowest BCUT2D eigenvalue weighted by molar-refractivity contribution is -0.137. The smallest absolute Gasteiger partial charge is 0.387 e. The Kier molecular flexibility index (Phi) is 6.44. The highest BCUT2D eigenvalue weighted by molar-refractivity contribution is 6.34. The van der Waals surface area contributed by atoms with Crippen molar-refractivity contribution < 1.29 is 18.3 Å². The molecule has 4 N–H and O–H groups in total. The molecule has 0 bridgehead atoms. The number of benzene rings is 2. The summed E-state index contributed by atoms with van der Waals surface area (Å²) in [6.07, 6.45) is -5.79. The van der Waals surface area contributed by atoms with Crippen molar-refractivity contribution in [3.63, 3.8) is 0 Å². The molecule has 10 heteroatoms. The Morgan fingerprint density at radius 2 is 1.91 bits per heavy atom. The quantitative estimate of drug-likeness (QED) is 0.452. The van der Waals surface area contributed by atoms with Crippen molar-refractivity contribution in [1.29, 1.82) is 0 Å². The minimum Gasteiger partial charge on any atom is -0.387 e. The second-order valence-corrected chi connectivity index (χ2v) is 8.98. The van der Waals surface area contributed by atoms with Crippen molar-refractivity contribution in [2.75, 3.05) is 5.01 Å². The number of hydrazine groups is 1. The number of alkyl halides is 3. The van der Waals surface area contributed by atoms with Gasteiger partial charge in [-0.1, -0.05) is 38.4 Å². The number of nitrogens with two attached hydrogens (primary N) is 1. The van der Waals surface area contributed by atoms with E-state index in [2.05, 4.69) is 15.4 Å². The van der Waals surface area contributed by atoms with Crippen LogP contribution in [0.15, 0.2) is 46.4 Å². The fourth-order valence-corrected chi connectivity index (χ4v) is 3.26. The van der Waals surface area contributed by atoms with Crippen molar-refractivity contribution in [1.82, 2.24) is 5.43 Å². The average molecular weight is 468 g/mol. The summed E-state index contributed by atoms with van der Waals surface area (Å²) < 4.78 is 38.9. The molecule has 0 radical (unpaired) electrons. The van der Waals surface area contributed by atoms with E-state index in [0.29, 0.717) is 34.2 Å². The van der Waals surface area contributed by atoms with Crippen LogP contribution in [0.3, 0.4) is 0 Å². The third-order valence-corrected chi connectivity index (χ3v) is 5.30. The highest BCUT2D eigenvalue weighted by Crippen LogP contribution is 2.33. The largest absolute Gasteiger partial charge is 0.416 e. The molecule has 0 amide bonds. The van der Waals surface area contributed by atoms with Crippen LogP contribution in [0.5, 0.6) is 0 Å². The zero-order valence-corrected chi connectivity index (χ0v) is 18.9. The van der Waals surface area contributed by atoms with Gasteiger partial charge in [-0.05, 0) is 48.4 Å². The molecule has 0 fully saturated rings. The number of aliphatic hydroxyl groups is 1. The summed E-state index contributed by atoms with van der Waals surface area (Å²) in [5.41, 5.74) is 9.99. The van der Waals surface area contributed by atoms with Crippen LogP contribution >= 0.6 is 11.6 Å². The number of aliphatic hydroxyl groups excluding tert-OH is 1. The van der Waals surface area contributed by atoms with E-state index in [1.807, 2.05) is 26.8 Å². The minimum absolute atomic E-state index is 0.253. The second kappa shape index (κ2) is 8.63. The van der Waals surface area contributed by atoms with Gasteiger partial charge in [0.1, 0.15) is 0 Å². The van der Waals surface area contributed by atoms with Crippen LogP contribution in [0, 0.1) is 12.3 Å². The van der Waals surface area contributed by atoms with Gasteiger partial charge >= 0.3 is 6.18 Å². The van der Waals surface area contributed by atoms with E-state index in [1.165, 1.54) is 18.0 Å². The number of nitrogens with one attached hydrogen (secondary N) is 1. The molecule has 0 aliphatic carbocycles. The summed E-state index contributed by atoms with van der Waals surface area (Å²) in [6.45, 7) is 7.77. The molecule has 1 unspecified atom stereocenters. The summed E-state index contributed by atoms with van der Waals surface area (Å²) in [6, 6.07) is 8.55. The molecule has 172 valence electrons. The van der Waals surface area contributed by atoms with Gasteiger partial charge in [0, 0.05) is 11.0 Å². The third-order valence-electron chi connectivity index (χ3n) is 4.97. The maximum absolute atomic E-state index is 13.0. The zero-order valence-electron chi connectivity index (χ0n) is 18.1. The Bertz CT molecular complexity index is 1080. The first-order valence-corrected chi connectivity index (χ1v) is 10.2. The van der Waals surface area contributed by atoms with Crippen molar-refractivity contribution in [2.45, 2.75) is 46.8 Å². The lowest BCUT2D eigenvalue weighted by Crippen LogP contribution is -2.41. The van der Waals surface area contributed by atoms with Gasteiger partial charge in [0.15, 0.2) is 5.84 Å². The van der Waals surface area contributed by atoms with E-state index in [0.717, 1.165) is 17.7 Å². The monoisotopic (exact) mass is 467 g/mol. The number of nitrogens with zero attached hydrogens (tertiary/aromatic N) is 3. The molecule has 1 aliphatic heterocycles. The Hall–Kier alpha value is -2.78. The van der Waals surface area contributed by atoms with Crippen molar-refractivity contribution in [3.05, 3.63) is 63.7 Å². The average Bonchev–Trinajstić information content (AvgIpc) is 3.06. The van der Waals surface area contributed by atoms with Gasteiger partial charge in [0.25, 0.3) is 0 Å². The predicted octanol–water partition coefficient (Wildman–Crippen LogP) is 4.62. The Labute approximate surface area is 189 Å². The van der Waals surface area contributed by atoms with Gasteiger partial charge in [0.05, 0.1) is 28.7 Å². The first kappa shape index (κ1) is 23.9. The van der Waals surface area contributed by atoms with E-state index >= 15 is 0 Å². The van der Waals surface area contributed by atoms with E-state index in [-0.39, 0.29) is 11.3 Å². The highest BCUT2D eigenvalue weighted by Gasteiger charge is 2.33. The van der Waals surface area contributed by atoms with Crippen molar-refractivity contribution in [2.24, 2.45) is 21.1 Å². The molecule has 2 aromatic carbocycles. The van der Waals surface area contributed by atoms with Gasteiger partial charge in [-0.25, -0.2) is 10.0 Å². The number of aliphatic imine (C=N–C) groups is 2. The van der Waals surface area contributed by atoms with Gasteiger partial charge in [-0.3, -0.25) is 10.4 Å². The van der Waals surface area contributed by atoms with Crippen LogP contribution in [0.25, 0.3) is 0 Å². The van der Waals surface area contributed by atoms with Crippen LogP contribution in [-0.2, 0) is 12.7 Å². The van der Waals surface area contributed by atoms with Crippen LogP contribution in [0.4, 0.5) is 18.9 Å². The standard InChI is InChI=1S/C22H25ClF3N5O/c1-12-9-14(22(24,25)26)6-8-17(12)31-20(32)29-18(30-31)15-10-13(5-7-16(15)23)11-28-19(27)21(2,3)4/h5-10,20,32H,11H2,1-4H3,(H2,27,28)(H,29,30). The maximum Gasteiger partial charge on any atom is 0.416 e. The van der Waals surface area contributed by atoms with E-state index in [1.54, 1.807) is 12.1 Å². The summed E-state index contributed by atoms with van der Waals surface area (Å²) in [5, 5.41) is 12.1. The fraction of sp³-hybridized carbons (Fsp3) is 0.364. The molecular formula is C22H25ClF3N5O. The van der Waals surface area contributed by atoms with Gasteiger partial charge in [-0.15, -0.1) is 0 Å². The number of halogens is 4. The molecule has 1 aliphatic rings. The van der Waals surface area contributed by atoms with Gasteiger partial charge in [0.2, 0.25) is 6.35 Å². The zero-order chi connectivity index (χ0) is 23.8. The number of anilines is 1. The first-order chi connectivity index (χ1) is 14.8. The van der Waals surface area contributed by atoms with E-state index < -0.39 is 18.1 Å². The molecule has 2 aromatic rings. The molecule has 3 rings (SSSR count). The number of hydrogen-bond acceptors (Lipinski definition) is 5. The fourth-order valence-electron chi connectivity index (χ4n) is 3.06. The van der Waals surface area contributed by atoms with Crippen LogP contribution in [-0.4, -0.2) is 23.1 Å².